The molecule has 2 aromatic rings. The van der Waals surface area contributed by atoms with E-state index in [0.29, 0.717) is 11.3 Å². The van der Waals surface area contributed by atoms with E-state index in [-0.39, 0.29) is 29.0 Å². The monoisotopic (exact) mass is 386 g/mol. The van der Waals surface area contributed by atoms with Crippen LogP contribution >= 0.6 is 11.8 Å². The van der Waals surface area contributed by atoms with E-state index < -0.39 is 4.92 Å². The number of hydrogen-bond donors (Lipinski definition) is 2. The summed E-state index contributed by atoms with van der Waals surface area (Å²) in [6, 6.07) is 13.4. The number of amides is 2. The molecule has 140 valence electrons. The number of hydrogen-bond acceptors (Lipinski definition) is 6. The highest BCUT2D eigenvalue weighted by Crippen LogP contribution is 2.15. The van der Waals surface area contributed by atoms with Gasteiger partial charge in [0, 0.05) is 23.4 Å². The van der Waals surface area contributed by atoms with Gasteiger partial charge in [0.1, 0.15) is 0 Å². The predicted molar refractivity (Wildman–Crippen MR) is 106 cm³/mol. The molecule has 0 saturated heterocycles. The second-order valence-electron chi connectivity index (χ2n) is 5.50. The van der Waals surface area contributed by atoms with Crippen LogP contribution in [-0.4, -0.2) is 34.5 Å². The highest BCUT2D eigenvalue weighted by Gasteiger charge is 2.08. The van der Waals surface area contributed by atoms with Gasteiger partial charge in [-0.05, 0) is 24.6 Å². The smallest absolute Gasteiger partial charge is 0.270 e. The van der Waals surface area contributed by atoms with Crippen LogP contribution in [0.3, 0.4) is 0 Å². The third-order valence-electron chi connectivity index (χ3n) is 3.39. The topological polar surface area (TPSA) is 114 Å². The van der Waals surface area contributed by atoms with Crippen LogP contribution in [0.4, 0.5) is 11.4 Å². The number of thioether (sulfide) groups is 1. The maximum atomic E-state index is 11.8. The largest absolute Gasteiger partial charge is 0.325 e. The third-order valence-corrected chi connectivity index (χ3v) is 4.32. The molecule has 27 heavy (non-hydrogen) atoms. The molecule has 2 rings (SSSR count). The van der Waals surface area contributed by atoms with Crippen molar-refractivity contribution >= 4 is 41.2 Å². The molecule has 0 saturated carbocycles. The van der Waals surface area contributed by atoms with E-state index in [4.69, 9.17) is 0 Å². The van der Waals surface area contributed by atoms with Crippen molar-refractivity contribution in [3.05, 3.63) is 69.8 Å². The highest BCUT2D eigenvalue weighted by atomic mass is 32.2. The standard InChI is InChI=1S/C18H18N4O4S/c1-13-7-8-16(22(25)26)9-14(13)10-19-21-18(24)12-27-11-17(23)20-15-5-3-2-4-6-15/h2-10H,11-12H2,1H3,(H,20,23)(H,21,24)/b19-10+. The SMILES string of the molecule is Cc1ccc([N+](=O)[O-])cc1/C=N/NC(=O)CSCC(=O)Nc1ccccc1. The van der Waals surface area contributed by atoms with Crippen molar-refractivity contribution in [2.24, 2.45) is 5.10 Å². The number of para-hydroxylation sites is 1. The fraction of sp³-hybridized carbons (Fsp3) is 0.167. The van der Waals surface area contributed by atoms with Crippen LogP contribution in [0.1, 0.15) is 11.1 Å². The summed E-state index contributed by atoms with van der Waals surface area (Å²) in [6.07, 6.45) is 1.35. The zero-order valence-electron chi connectivity index (χ0n) is 14.5. The second-order valence-corrected chi connectivity index (χ2v) is 6.48. The number of nitrogens with zero attached hydrogens (tertiary/aromatic N) is 2. The van der Waals surface area contributed by atoms with Crippen LogP contribution in [0.15, 0.2) is 53.6 Å². The summed E-state index contributed by atoms with van der Waals surface area (Å²) < 4.78 is 0. The Hall–Kier alpha value is -3.20. The molecule has 0 aliphatic carbocycles. The highest BCUT2D eigenvalue weighted by molar-refractivity contribution is 8.00. The summed E-state index contributed by atoms with van der Waals surface area (Å²) >= 11 is 1.16. The molecule has 0 aromatic heterocycles. The molecule has 2 N–H and O–H groups in total. The number of nitrogens with one attached hydrogen (secondary N) is 2. The molecular formula is C18H18N4O4S. The first kappa shape index (κ1) is 20.1. The van der Waals surface area contributed by atoms with Gasteiger partial charge in [-0.3, -0.25) is 19.7 Å². The third kappa shape index (κ3) is 6.90. The van der Waals surface area contributed by atoms with Crippen LogP contribution in [0.5, 0.6) is 0 Å². The number of anilines is 1. The van der Waals surface area contributed by atoms with Gasteiger partial charge in [0.15, 0.2) is 0 Å². The number of non-ortho nitro benzene ring substituents is 1. The summed E-state index contributed by atoms with van der Waals surface area (Å²) in [7, 11) is 0. The lowest BCUT2D eigenvalue weighted by molar-refractivity contribution is -0.384. The second kappa shape index (κ2) is 10.1. The maximum Gasteiger partial charge on any atom is 0.270 e. The van der Waals surface area contributed by atoms with Crippen molar-refractivity contribution < 1.29 is 14.5 Å². The number of carbonyl (C=O) groups excluding carboxylic acids is 2. The summed E-state index contributed by atoms with van der Waals surface area (Å²) in [5.41, 5.74) is 4.33. The molecule has 0 aliphatic rings. The molecule has 0 atom stereocenters. The number of nitro benzene ring substituents is 1. The molecule has 0 heterocycles. The van der Waals surface area contributed by atoms with Crippen LogP contribution < -0.4 is 10.7 Å². The Balaban J connectivity index is 1.74. The predicted octanol–water partition coefficient (Wildman–Crippen LogP) is 2.73. The van der Waals surface area contributed by atoms with E-state index in [0.717, 1.165) is 17.3 Å². The number of aryl methyl sites for hydroxylation is 1. The number of benzene rings is 2. The van der Waals surface area contributed by atoms with Gasteiger partial charge < -0.3 is 5.32 Å². The van der Waals surface area contributed by atoms with Gasteiger partial charge in [0.05, 0.1) is 22.6 Å². The molecule has 2 amide bonds. The molecule has 0 fully saturated rings. The van der Waals surface area contributed by atoms with Gasteiger partial charge in [0.2, 0.25) is 11.8 Å². The van der Waals surface area contributed by atoms with Crippen molar-refractivity contribution in [2.75, 3.05) is 16.8 Å². The summed E-state index contributed by atoms with van der Waals surface area (Å²) in [6.45, 7) is 1.79. The average Bonchev–Trinajstić information content (AvgIpc) is 2.64. The molecule has 0 aliphatic heterocycles. The van der Waals surface area contributed by atoms with Gasteiger partial charge in [-0.25, -0.2) is 5.43 Å². The fourth-order valence-electron chi connectivity index (χ4n) is 2.04. The van der Waals surface area contributed by atoms with Crippen molar-refractivity contribution in [3.8, 4) is 0 Å². The lowest BCUT2D eigenvalue weighted by atomic mass is 10.1. The van der Waals surface area contributed by atoms with Crippen molar-refractivity contribution in [1.82, 2.24) is 5.43 Å². The van der Waals surface area contributed by atoms with Gasteiger partial charge >= 0.3 is 0 Å². The van der Waals surface area contributed by atoms with Gasteiger partial charge in [-0.2, -0.15) is 5.10 Å². The Morgan fingerprint density at radius 1 is 1.15 bits per heavy atom. The van der Waals surface area contributed by atoms with E-state index in [1.54, 1.807) is 25.1 Å². The summed E-state index contributed by atoms with van der Waals surface area (Å²) in [4.78, 5) is 33.8. The first-order chi connectivity index (χ1) is 13.0. The lowest BCUT2D eigenvalue weighted by Crippen LogP contribution is -2.21. The van der Waals surface area contributed by atoms with Crippen LogP contribution in [0.25, 0.3) is 0 Å². The Bertz CT molecular complexity index is 856. The minimum absolute atomic E-state index is 0.0478. The molecule has 2 aromatic carbocycles. The van der Waals surface area contributed by atoms with E-state index >= 15 is 0 Å². The van der Waals surface area contributed by atoms with Gasteiger partial charge in [0.25, 0.3) is 5.69 Å². The summed E-state index contributed by atoms with van der Waals surface area (Å²) in [5.74, 6) is -0.370. The maximum absolute atomic E-state index is 11.8. The Kier molecular flexibility index (Phi) is 7.50. The number of nitro groups is 1. The molecule has 0 bridgehead atoms. The minimum atomic E-state index is -0.494. The normalized spacial score (nSPS) is 10.6. The van der Waals surface area contributed by atoms with Crippen molar-refractivity contribution in [1.29, 1.82) is 0 Å². The first-order valence-electron chi connectivity index (χ1n) is 7.95. The Labute approximate surface area is 160 Å². The molecule has 0 spiro atoms. The van der Waals surface area contributed by atoms with E-state index in [1.165, 1.54) is 18.3 Å². The zero-order valence-corrected chi connectivity index (χ0v) is 15.4. The quantitative estimate of drug-likeness (QED) is 0.411. The van der Waals surface area contributed by atoms with E-state index in [2.05, 4.69) is 15.8 Å². The average molecular weight is 386 g/mol. The Morgan fingerprint density at radius 2 is 1.85 bits per heavy atom. The van der Waals surface area contributed by atoms with Gasteiger partial charge in [-0.15, -0.1) is 11.8 Å². The van der Waals surface area contributed by atoms with E-state index in [9.17, 15) is 19.7 Å². The van der Waals surface area contributed by atoms with Crippen LogP contribution in [0.2, 0.25) is 0 Å². The molecule has 9 heteroatoms. The van der Waals surface area contributed by atoms with Crippen molar-refractivity contribution in [3.63, 3.8) is 0 Å². The zero-order chi connectivity index (χ0) is 19.6. The fourth-order valence-corrected chi connectivity index (χ4v) is 2.65. The van der Waals surface area contributed by atoms with Crippen LogP contribution in [-0.2, 0) is 9.59 Å². The summed E-state index contributed by atoms with van der Waals surface area (Å²) in [5, 5.41) is 17.3. The molecule has 0 unspecified atom stereocenters. The molecule has 0 radical (unpaired) electrons. The minimum Gasteiger partial charge on any atom is -0.325 e. The van der Waals surface area contributed by atoms with Crippen molar-refractivity contribution in [2.45, 2.75) is 6.92 Å². The molecule has 8 nitrogen and oxygen atoms in total. The van der Waals surface area contributed by atoms with E-state index in [1.807, 2.05) is 18.2 Å². The molecular weight excluding hydrogens is 368 g/mol. The lowest BCUT2D eigenvalue weighted by Gasteiger charge is -2.04. The number of hydrazone groups is 1. The number of rotatable bonds is 8. The first-order valence-corrected chi connectivity index (χ1v) is 9.11. The van der Waals surface area contributed by atoms with Gasteiger partial charge in [-0.1, -0.05) is 24.3 Å². The Morgan fingerprint density at radius 3 is 2.56 bits per heavy atom. The van der Waals surface area contributed by atoms with Crippen LogP contribution in [0, 0.1) is 17.0 Å². The number of carbonyl (C=O) groups is 2.